The lowest BCUT2D eigenvalue weighted by Crippen LogP contribution is -2.61. The molecule has 287 valence electrons. The number of imide groups is 3. The van der Waals surface area contributed by atoms with Crippen LogP contribution in [0.25, 0.3) is 0 Å². The Morgan fingerprint density at radius 3 is 1.63 bits per heavy atom. The van der Waals surface area contributed by atoms with Gasteiger partial charge in [-0.1, -0.05) is 6.42 Å². The molecular formula is C31H44N7O14. The van der Waals surface area contributed by atoms with Gasteiger partial charge < -0.3 is 37.1 Å². The van der Waals surface area contributed by atoms with Crippen molar-refractivity contribution in [3.05, 3.63) is 12.2 Å². The molecule has 0 aromatic rings. The largest absolute Gasteiger partial charge is 0.481 e. The fourth-order valence-corrected chi connectivity index (χ4v) is 4.44. The van der Waals surface area contributed by atoms with Gasteiger partial charge >= 0.3 is 18.4 Å². The van der Waals surface area contributed by atoms with Crippen molar-refractivity contribution in [2.45, 2.75) is 95.7 Å². The highest BCUT2D eigenvalue weighted by molar-refractivity contribution is 6.12. The predicted octanol–water partition coefficient (Wildman–Crippen LogP) is -2.64. The first-order chi connectivity index (χ1) is 24.3. The first-order valence-corrected chi connectivity index (χ1v) is 16.2. The molecule has 0 unspecified atom stereocenters. The minimum Gasteiger partial charge on any atom is -0.481 e. The normalized spacial score (nSPS) is 13.5. The summed E-state index contributed by atoms with van der Waals surface area (Å²) < 4.78 is 4.70. The van der Waals surface area contributed by atoms with Crippen LogP contribution in [-0.2, 0) is 57.5 Å². The van der Waals surface area contributed by atoms with Crippen LogP contribution in [-0.4, -0.2) is 128 Å². The maximum Gasteiger partial charge on any atom is 0.418 e. The molecule has 1 heterocycles. The second kappa shape index (κ2) is 21.6. The number of carbonyl (C=O) groups is 10. The monoisotopic (exact) mass is 738 g/mol. The molecule has 0 spiro atoms. The average Bonchev–Trinajstić information content (AvgIpc) is 3.39. The Morgan fingerprint density at radius 2 is 1.19 bits per heavy atom. The van der Waals surface area contributed by atoms with Crippen LogP contribution in [0.5, 0.6) is 0 Å². The lowest BCUT2D eigenvalue weighted by Gasteiger charge is -2.35. The second-order valence-corrected chi connectivity index (χ2v) is 11.9. The lowest BCUT2D eigenvalue weighted by molar-refractivity contribution is -0.186. The zero-order chi connectivity index (χ0) is 39.6. The number of carboxylic acids is 2. The van der Waals surface area contributed by atoms with Crippen molar-refractivity contribution in [1.82, 2.24) is 25.6 Å². The summed E-state index contributed by atoms with van der Waals surface area (Å²) in [5.41, 5.74) is 9.16. The van der Waals surface area contributed by atoms with Gasteiger partial charge in [-0.05, 0) is 39.5 Å². The van der Waals surface area contributed by atoms with Crippen molar-refractivity contribution >= 4 is 65.7 Å². The zero-order valence-electron chi connectivity index (χ0n) is 28.8. The average molecular weight is 739 g/mol. The molecule has 0 aromatic heterocycles. The van der Waals surface area contributed by atoms with Crippen LogP contribution in [0.3, 0.4) is 0 Å². The SMILES string of the molecule is CC(C)(O[C]=O)C(=O)N(C(=O)CCNC(=O)[C@@H](N)CCC(=O)O)N(C(=O)CCCCCN1C(=O)C=CC1=O)C(=O)CCNC(=O)[C@@H](N)CCC(=O)O. The Labute approximate surface area is 297 Å². The van der Waals surface area contributed by atoms with E-state index in [0.717, 1.165) is 37.4 Å². The molecular weight excluding hydrogens is 694 g/mol. The van der Waals surface area contributed by atoms with Gasteiger partial charge in [0, 0.05) is 63.9 Å². The van der Waals surface area contributed by atoms with E-state index < -0.39 is 122 Å². The third-order valence-corrected chi connectivity index (χ3v) is 7.37. The Bertz CT molecular complexity index is 1410. The summed E-state index contributed by atoms with van der Waals surface area (Å²) in [6, 6.07) is -2.51. The lowest BCUT2D eigenvalue weighted by atomic mass is 10.1. The highest BCUT2D eigenvalue weighted by atomic mass is 16.5. The van der Waals surface area contributed by atoms with Gasteiger partial charge in [0.2, 0.25) is 17.7 Å². The number of hydrazine groups is 1. The Hall–Kier alpha value is -5.57. The van der Waals surface area contributed by atoms with E-state index in [0.29, 0.717) is 0 Å². The number of aliphatic carboxylic acids is 2. The molecule has 1 aliphatic rings. The quantitative estimate of drug-likeness (QED) is 0.0354. The third-order valence-electron chi connectivity index (χ3n) is 7.37. The van der Waals surface area contributed by atoms with E-state index in [1.165, 1.54) is 0 Å². The van der Waals surface area contributed by atoms with Crippen molar-refractivity contribution < 1.29 is 67.7 Å². The van der Waals surface area contributed by atoms with Crippen LogP contribution < -0.4 is 22.1 Å². The van der Waals surface area contributed by atoms with E-state index >= 15 is 0 Å². The van der Waals surface area contributed by atoms with Crippen LogP contribution in [0.2, 0.25) is 0 Å². The standard InChI is InChI=1S/C31H44N7O14/c1-31(2,52-18-39)30(51)38(25(44)14-16-35-29(50)20(33)8-12-27(47)48)37(24(43)13-15-34-28(49)19(32)7-11-26(45)46)23(42)6-4-3-5-17-36-21(40)9-10-22(36)41/h9-10,19-20H,3-8,11-17,32-33H2,1-2H3,(H,34,49)(H,35,50)(H,45,46)(H,47,48)/t19-,20-/m0/s1. The van der Waals surface area contributed by atoms with E-state index in [4.69, 9.17) is 26.4 Å². The highest BCUT2D eigenvalue weighted by Crippen LogP contribution is 2.19. The maximum atomic E-state index is 13.7. The van der Waals surface area contributed by atoms with Crippen LogP contribution in [0, 0.1) is 0 Å². The first-order valence-electron chi connectivity index (χ1n) is 16.2. The van der Waals surface area contributed by atoms with Crippen LogP contribution in [0.1, 0.15) is 78.1 Å². The predicted molar refractivity (Wildman–Crippen MR) is 174 cm³/mol. The summed E-state index contributed by atoms with van der Waals surface area (Å²) in [6.07, 6.45) is -0.377. The first kappa shape index (κ1) is 44.5. The van der Waals surface area contributed by atoms with Crippen molar-refractivity contribution in [3.63, 3.8) is 0 Å². The molecule has 1 aliphatic heterocycles. The Morgan fingerprint density at radius 1 is 0.750 bits per heavy atom. The molecule has 21 heteroatoms. The van der Waals surface area contributed by atoms with Crippen molar-refractivity contribution in [3.8, 4) is 0 Å². The number of amides is 8. The van der Waals surface area contributed by atoms with Gasteiger partial charge in [-0.3, -0.25) is 52.8 Å². The summed E-state index contributed by atoms with van der Waals surface area (Å²) in [5.74, 6) is -9.93. The van der Waals surface area contributed by atoms with E-state index in [1.54, 1.807) is 0 Å². The molecule has 0 aliphatic carbocycles. The molecule has 8 N–H and O–H groups in total. The fourth-order valence-electron chi connectivity index (χ4n) is 4.44. The van der Waals surface area contributed by atoms with Gasteiger partial charge in [-0.2, -0.15) is 10.0 Å². The number of hydrogen-bond donors (Lipinski definition) is 6. The highest BCUT2D eigenvalue weighted by Gasteiger charge is 2.44. The molecule has 2 atom stereocenters. The summed E-state index contributed by atoms with van der Waals surface area (Å²) in [7, 11) is 0. The number of nitrogens with two attached hydrogens (primary N) is 2. The van der Waals surface area contributed by atoms with E-state index in [1.807, 2.05) is 0 Å². The van der Waals surface area contributed by atoms with E-state index in [-0.39, 0.29) is 48.7 Å². The zero-order valence-corrected chi connectivity index (χ0v) is 28.8. The van der Waals surface area contributed by atoms with Crippen LogP contribution in [0.4, 0.5) is 0 Å². The molecule has 8 amide bonds. The van der Waals surface area contributed by atoms with Gasteiger partial charge in [0.15, 0.2) is 5.60 Å². The maximum absolute atomic E-state index is 13.7. The minimum atomic E-state index is -2.17. The number of carbonyl (C=O) groups excluding carboxylic acids is 9. The molecule has 0 saturated carbocycles. The molecule has 0 aromatic carbocycles. The molecule has 0 saturated heterocycles. The van der Waals surface area contributed by atoms with Crippen molar-refractivity contribution in [2.24, 2.45) is 11.5 Å². The van der Waals surface area contributed by atoms with Crippen molar-refractivity contribution in [2.75, 3.05) is 19.6 Å². The molecule has 1 rings (SSSR count). The fraction of sp³-hybridized carbons (Fsp3) is 0.581. The number of ether oxygens (including phenoxy) is 1. The topological polar surface area (TPSA) is 323 Å². The summed E-state index contributed by atoms with van der Waals surface area (Å²) in [5, 5.41) is 22.6. The molecule has 0 bridgehead atoms. The summed E-state index contributed by atoms with van der Waals surface area (Å²) in [4.78, 5) is 136. The number of nitrogens with one attached hydrogen (secondary N) is 2. The molecule has 52 heavy (non-hydrogen) atoms. The van der Waals surface area contributed by atoms with Gasteiger partial charge in [-0.15, -0.1) is 0 Å². The van der Waals surface area contributed by atoms with Gasteiger partial charge in [0.25, 0.3) is 29.5 Å². The van der Waals surface area contributed by atoms with E-state index in [2.05, 4.69) is 10.6 Å². The number of unbranched alkanes of at least 4 members (excludes halogenated alkanes) is 2. The number of nitrogens with zero attached hydrogens (tertiary/aromatic N) is 3. The molecule has 21 nitrogen and oxygen atoms in total. The summed E-state index contributed by atoms with van der Waals surface area (Å²) in [6.45, 7) is 2.23. The van der Waals surface area contributed by atoms with E-state index in [9.17, 15) is 52.7 Å². The van der Waals surface area contributed by atoms with Crippen LogP contribution in [0.15, 0.2) is 12.2 Å². The smallest absolute Gasteiger partial charge is 0.418 e. The van der Waals surface area contributed by atoms with Gasteiger partial charge in [0.05, 0.1) is 12.1 Å². The number of hydrogen-bond acceptors (Lipinski definition) is 14. The second-order valence-electron chi connectivity index (χ2n) is 11.9. The number of rotatable bonds is 23. The number of carboxylic acid groups (broad SMARTS) is 2. The van der Waals surface area contributed by atoms with Crippen LogP contribution >= 0.6 is 0 Å². The third kappa shape index (κ3) is 14.7. The summed E-state index contributed by atoms with van der Waals surface area (Å²) >= 11 is 0. The molecule has 1 radical (unpaired) electrons. The molecule has 0 fully saturated rings. The Kier molecular flexibility index (Phi) is 18.5. The van der Waals surface area contributed by atoms with Gasteiger partial charge in [-0.25, -0.2) is 4.79 Å². The minimum absolute atomic E-state index is 0.0400. The van der Waals surface area contributed by atoms with Gasteiger partial charge in [0.1, 0.15) is 0 Å². The van der Waals surface area contributed by atoms with Crippen molar-refractivity contribution in [1.29, 1.82) is 0 Å². The Balaban J connectivity index is 3.24.